The van der Waals surface area contributed by atoms with Crippen molar-refractivity contribution in [3.63, 3.8) is 0 Å². The number of carboxylic acids is 1. The molecule has 0 unspecified atom stereocenters. The summed E-state index contributed by atoms with van der Waals surface area (Å²) in [6.45, 7) is 4.18. The zero-order valence-corrected chi connectivity index (χ0v) is 11.1. The number of aryl methyl sites for hydroxylation is 2. The molecule has 0 saturated heterocycles. The Kier molecular flexibility index (Phi) is 2.78. The third kappa shape index (κ3) is 1.95. The molecule has 0 bridgehead atoms. The number of hydrogen-bond acceptors (Lipinski definition) is 4. The second-order valence-electron chi connectivity index (χ2n) is 4.65. The van der Waals surface area contributed by atoms with Crippen LogP contribution in [0.15, 0.2) is 28.8 Å². The monoisotopic (exact) mass is 271 g/mol. The van der Waals surface area contributed by atoms with Crippen LogP contribution in [0.5, 0.6) is 0 Å². The smallest absolute Gasteiger partial charge is 0.337 e. The average Bonchev–Trinajstić information content (AvgIpc) is 2.94. The lowest BCUT2D eigenvalue weighted by molar-refractivity contribution is 0.0699. The molecule has 0 spiro atoms. The molecule has 20 heavy (non-hydrogen) atoms. The Morgan fingerprint density at radius 1 is 1.40 bits per heavy atom. The molecule has 102 valence electrons. The number of carboxylic acid groups (broad SMARTS) is 1. The molecular weight excluding hydrogens is 258 g/mol. The van der Waals surface area contributed by atoms with Gasteiger partial charge in [-0.25, -0.2) is 9.78 Å². The SMILES string of the molecule is Cc1cc(Cn2c(C)nc3c(C(=O)O)cccc32)no1. The van der Waals surface area contributed by atoms with Crippen LogP contribution >= 0.6 is 0 Å². The molecule has 3 aromatic rings. The van der Waals surface area contributed by atoms with Crippen molar-refractivity contribution in [2.24, 2.45) is 0 Å². The summed E-state index contributed by atoms with van der Waals surface area (Å²) in [5.74, 6) is 0.514. The number of benzene rings is 1. The minimum atomic E-state index is -0.975. The average molecular weight is 271 g/mol. The summed E-state index contributed by atoms with van der Waals surface area (Å²) in [6.07, 6.45) is 0. The minimum Gasteiger partial charge on any atom is -0.478 e. The minimum absolute atomic E-state index is 0.209. The predicted molar refractivity (Wildman–Crippen MR) is 71.8 cm³/mol. The molecule has 0 saturated carbocycles. The van der Waals surface area contributed by atoms with Crippen molar-refractivity contribution in [3.05, 3.63) is 47.1 Å². The van der Waals surface area contributed by atoms with Crippen molar-refractivity contribution in [1.29, 1.82) is 0 Å². The summed E-state index contributed by atoms with van der Waals surface area (Å²) in [4.78, 5) is 15.6. The van der Waals surface area contributed by atoms with Crippen LogP contribution in [-0.2, 0) is 6.54 Å². The van der Waals surface area contributed by atoms with Crippen LogP contribution in [0.3, 0.4) is 0 Å². The van der Waals surface area contributed by atoms with E-state index in [4.69, 9.17) is 4.52 Å². The fourth-order valence-electron chi connectivity index (χ4n) is 2.29. The largest absolute Gasteiger partial charge is 0.478 e. The fraction of sp³-hybridized carbons (Fsp3) is 0.214. The van der Waals surface area contributed by atoms with Gasteiger partial charge in [-0.2, -0.15) is 0 Å². The number of nitrogens with zero attached hydrogens (tertiary/aromatic N) is 3. The van der Waals surface area contributed by atoms with E-state index in [0.29, 0.717) is 12.1 Å². The lowest BCUT2D eigenvalue weighted by atomic mass is 10.2. The van der Waals surface area contributed by atoms with Gasteiger partial charge < -0.3 is 14.2 Å². The molecule has 0 fully saturated rings. The van der Waals surface area contributed by atoms with E-state index in [1.165, 1.54) is 0 Å². The number of para-hydroxylation sites is 1. The number of imidazole rings is 1. The predicted octanol–water partition coefficient (Wildman–Crippen LogP) is 2.39. The highest BCUT2D eigenvalue weighted by Crippen LogP contribution is 2.21. The summed E-state index contributed by atoms with van der Waals surface area (Å²) in [5, 5.41) is 13.2. The molecule has 2 aromatic heterocycles. The maximum Gasteiger partial charge on any atom is 0.337 e. The Labute approximate surface area is 114 Å². The van der Waals surface area contributed by atoms with E-state index in [1.807, 2.05) is 30.5 Å². The number of hydrogen-bond donors (Lipinski definition) is 1. The number of carbonyl (C=O) groups is 1. The Hall–Kier alpha value is -2.63. The molecule has 0 aliphatic heterocycles. The van der Waals surface area contributed by atoms with Gasteiger partial charge in [0.1, 0.15) is 22.8 Å². The van der Waals surface area contributed by atoms with E-state index in [-0.39, 0.29) is 5.56 Å². The van der Waals surface area contributed by atoms with Gasteiger partial charge in [-0.05, 0) is 26.0 Å². The van der Waals surface area contributed by atoms with Crippen molar-refractivity contribution >= 4 is 17.0 Å². The number of aromatic carboxylic acids is 1. The van der Waals surface area contributed by atoms with E-state index in [9.17, 15) is 9.90 Å². The van der Waals surface area contributed by atoms with Gasteiger partial charge in [0.15, 0.2) is 0 Å². The van der Waals surface area contributed by atoms with Crippen LogP contribution in [0.4, 0.5) is 0 Å². The zero-order chi connectivity index (χ0) is 14.3. The summed E-state index contributed by atoms with van der Waals surface area (Å²) >= 11 is 0. The molecule has 1 N–H and O–H groups in total. The normalized spacial score (nSPS) is 11.1. The van der Waals surface area contributed by atoms with Crippen LogP contribution in [0.25, 0.3) is 11.0 Å². The van der Waals surface area contributed by atoms with Crippen molar-refractivity contribution in [3.8, 4) is 0 Å². The number of fused-ring (bicyclic) bond motifs is 1. The van der Waals surface area contributed by atoms with E-state index >= 15 is 0 Å². The van der Waals surface area contributed by atoms with E-state index in [1.54, 1.807) is 12.1 Å². The zero-order valence-electron chi connectivity index (χ0n) is 11.1. The van der Waals surface area contributed by atoms with Crippen molar-refractivity contribution in [1.82, 2.24) is 14.7 Å². The molecule has 6 nitrogen and oxygen atoms in total. The molecule has 3 rings (SSSR count). The second kappa shape index (κ2) is 4.48. The van der Waals surface area contributed by atoms with Gasteiger partial charge in [0.2, 0.25) is 0 Å². The molecule has 0 aliphatic carbocycles. The van der Waals surface area contributed by atoms with Gasteiger partial charge in [0.25, 0.3) is 0 Å². The molecule has 0 radical (unpaired) electrons. The Morgan fingerprint density at radius 2 is 2.20 bits per heavy atom. The van der Waals surface area contributed by atoms with Crippen molar-refractivity contribution in [2.75, 3.05) is 0 Å². The summed E-state index contributed by atoms with van der Waals surface area (Å²) in [7, 11) is 0. The molecule has 6 heteroatoms. The molecule has 1 aromatic carbocycles. The fourth-order valence-corrected chi connectivity index (χ4v) is 2.29. The quantitative estimate of drug-likeness (QED) is 0.791. The van der Waals surface area contributed by atoms with Crippen LogP contribution in [0, 0.1) is 13.8 Å². The topological polar surface area (TPSA) is 81.2 Å². The van der Waals surface area contributed by atoms with Gasteiger partial charge in [0.05, 0.1) is 17.6 Å². The third-order valence-corrected chi connectivity index (χ3v) is 3.20. The highest BCUT2D eigenvalue weighted by molar-refractivity contribution is 6.01. The van der Waals surface area contributed by atoms with Gasteiger partial charge in [-0.15, -0.1) is 0 Å². The van der Waals surface area contributed by atoms with Crippen LogP contribution in [0.1, 0.15) is 27.6 Å². The summed E-state index contributed by atoms with van der Waals surface area (Å²) in [6, 6.07) is 6.99. The van der Waals surface area contributed by atoms with Crippen LogP contribution < -0.4 is 0 Å². The first-order chi connectivity index (χ1) is 9.56. The first kappa shape index (κ1) is 12.4. The van der Waals surface area contributed by atoms with Crippen molar-refractivity contribution < 1.29 is 14.4 Å². The second-order valence-corrected chi connectivity index (χ2v) is 4.65. The van der Waals surface area contributed by atoms with Crippen LogP contribution in [-0.4, -0.2) is 25.8 Å². The molecular formula is C14H13N3O3. The van der Waals surface area contributed by atoms with E-state index < -0.39 is 5.97 Å². The Balaban J connectivity index is 2.14. The molecule has 0 atom stereocenters. The van der Waals surface area contributed by atoms with Crippen molar-refractivity contribution in [2.45, 2.75) is 20.4 Å². The highest BCUT2D eigenvalue weighted by Gasteiger charge is 2.15. The van der Waals surface area contributed by atoms with Gasteiger partial charge in [0, 0.05) is 6.07 Å². The lowest BCUT2D eigenvalue weighted by Crippen LogP contribution is -2.02. The Bertz CT molecular complexity index is 801. The number of rotatable bonds is 3. The van der Waals surface area contributed by atoms with Crippen LogP contribution in [0.2, 0.25) is 0 Å². The van der Waals surface area contributed by atoms with Gasteiger partial charge >= 0.3 is 5.97 Å². The van der Waals surface area contributed by atoms with E-state index in [0.717, 1.165) is 22.8 Å². The first-order valence-electron chi connectivity index (χ1n) is 6.17. The first-order valence-corrected chi connectivity index (χ1v) is 6.17. The molecule has 0 aliphatic rings. The lowest BCUT2D eigenvalue weighted by Gasteiger charge is -2.04. The maximum absolute atomic E-state index is 11.2. The molecule has 2 heterocycles. The Morgan fingerprint density at radius 3 is 2.85 bits per heavy atom. The van der Waals surface area contributed by atoms with Gasteiger partial charge in [-0.1, -0.05) is 11.2 Å². The maximum atomic E-state index is 11.2. The van der Waals surface area contributed by atoms with Gasteiger partial charge in [-0.3, -0.25) is 0 Å². The number of aromatic nitrogens is 3. The summed E-state index contributed by atoms with van der Waals surface area (Å²) in [5.41, 5.74) is 2.27. The third-order valence-electron chi connectivity index (χ3n) is 3.20. The standard InChI is InChI=1S/C14H13N3O3/c1-8-6-10(16-20-8)7-17-9(2)15-13-11(14(18)19)4-3-5-12(13)17/h3-6H,7H2,1-2H3,(H,18,19). The van der Waals surface area contributed by atoms with E-state index in [2.05, 4.69) is 10.1 Å². The summed E-state index contributed by atoms with van der Waals surface area (Å²) < 4.78 is 6.98. The molecule has 0 amide bonds. The highest BCUT2D eigenvalue weighted by atomic mass is 16.5.